The van der Waals surface area contributed by atoms with Gasteiger partial charge in [-0.3, -0.25) is 4.79 Å². The summed E-state index contributed by atoms with van der Waals surface area (Å²) in [5, 5.41) is 9.01. The zero-order valence-corrected chi connectivity index (χ0v) is 12.3. The van der Waals surface area contributed by atoms with Crippen LogP contribution in [0.2, 0.25) is 0 Å². The molecule has 0 rings (SSSR count). The minimum Gasteiger partial charge on any atom is -0.460 e. The number of aliphatic hydroxyl groups excluding tert-OH is 1. The van der Waals surface area contributed by atoms with E-state index in [1.54, 1.807) is 34.6 Å². The Bertz CT molecular complexity index is 325. The van der Waals surface area contributed by atoms with E-state index < -0.39 is 29.7 Å². The molecule has 0 saturated carbocycles. The fraction of sp³-hybridized carbons (Fsp3) is 0.714. The molecule has 0 aromatic carbocycles. The molecule has 0 radical (unpaired) electrons. The lowest BCUT2D eigenvalue weighted by molar-refractivity contribution is -0.159. The number of ether oxygens (including phenoxy) is 2. The van der Waals surface area contributed by atoms with Crippen LogP contribution >= 0.6 is 0 Å². The molecule has 5 heteroatoms. The normalized spacial score (nSPS) is 15.1. The van der Waals surface area contributed by atoms with E-state index in [-0.39, 0.29) is 6.42 Å². The van der Waals surface area contributed by atoms with Gasteiger partial charge in [-0.05, 0) is 41.0 Å². The standard InChI is InChI=1S/C14H24O5/c1-10(15)7-6-8-12(16)18-11(2)9-13(17)19-14(3,4)5/h6,8,10-11,15H,7,9H2,1-5H3/b8-6+/t10-,11-/m0/s1. The van der Waals surface area contributed by atoms with E-state index in [1.165, 1.54) is 12.2 Å². The van der Waals surface area contributed by atoms with Crippen molar-refractivity contribution in [1.82, 2.24) is 0 Å². The Labute approximate surface area is 114 Å². The van der Waals surface area contributed by atoms with Crippen LogP contribution in [0.25, 0.3) is 0 Å². The molecule has 0 aliphatic rings. The van der Waals surface area contributed by atoms with Crippen molar-refractivity contribution in [3.63, 3.8) is 0 Å². The highest BCUT2D eigenvalue weighted by Crippen LogP contribution is 2.10. The molecule has 110 valence electrons. The summed E-state index contributed by atoms with van der Waals surface area (Å²) in [5.74, 6) is -0.933. The number of rotatable bonds is 6. The van der Waals surface area contributed by atoms with Crippen molar-refractivity contribution in [1.29, 1.82) is 0 Å². The molecular formula is C14H24O5. The third kappa shape index (κ3) is 11.5. The van der Waals surface area contributed by atoms with Gasteiger partial charge in [0, 0.05) is 6.08 Å². The van der Waals surface area contributed by atoms with Crippen LogP contribution in [0.5, 0.6) is 0 Å². The zero-order valence-electron chi connectivity index (χ0n) is 12.3. The molecule has 0 unspecified atom stereocenters. The number of hydrogen-bond donors (Lipinski definition) is 1. The van der Waals surface area contributed by atoms with Gasteiger partial charge in [-0.2, -0.15) is 0 Å². The highest BCUT2D eigenvalue weighted by atomic mass is 16.6. The molecular weight excluding hydrogens is 248 g/mol. The fourth-order valence-electron chi connectivity index (χ4n) is 1.26. The lowest BCUT2D eigenvalue weighted by atomic mass is 10.2. The Hall–Kier alpha value is -1.36. The number of esters is 2. The van der Waals surface area contributed by atoms with Gasteiger partial charge < -0.3 is 14.6 Å². The van der Waals surface area contributed by atoms with Crippen molar-refractivity contribution in [2.45, 2.75) is 65.3 Å². The largest absolute Gasteiger partial charge is 0.460 e. The molecule has 0 aromatic rings. The second kappa shape index (κ2) is 7.94. The first-order valence-electron chi connectivity index (χ1n) is 6.37. The van der Waals surface area contributed by atoms with Crippen molar-refractivity contribution in [2.75, 3.05) is 0 Å². The molecule has 0 saturated heterocycles. The van der Waals surface area contributed by atoms with Crippen LogP contribution in [-0.2, 0) is 19.1 Å². The lowest BCUT2D eigenvalue weighted by Gasteiger charge is -2.20. The number of carbonyl (C=O) groups excluding carboxylic acids is 2. The second-order valence-electron chi connectivity index (χ2n) is 5.53. The first-order chi connectivity index (χ1) is 8.60. The topological polar surface area (TPSA) is 72.8 Å². The smallest absolute Gasteiger partial charge is 0.330 e. The fourth-order valence-corrected chi connectivity index (χ4v) is 1.26. The van der Waals surface area contributed by atoms with Gasteiger partial charge >= 0.3 is 11.9 Å². The summed E-state index contributed by atoms with van der Waals surface area (Å²) < 4.78 is 10.1. The van der Waals surface area contributed by atoms with Gasteiger partial charge in [-0.15, -0.1) is 0 Å². The molecule has 1 N–H and O–H groups in total. The van der Waals surface area contributed by atoms with Crippen molar-refractivity contribution in [2.24, 2.45) is 0 Å². The third-order valence-electron chi connectivity index (χ3n) is 1.92. The molecule has 0 heterocycles. The summed E-state index contributed by atoms with van der Waals surface area (Å²) >= 11 is 0. The highest BCUT2D eigenvalue weighted by molar-refractivity contribution is 5.82. The van der Waals surface area contributed by atoms with E-state index in [2.05, 4.69) is 0 Å². The summed E-state index contributed by atoms with van der Waals surface area (Å²) in [5.41, 5.74) is -0.544. The van der Waals surface area contributed by atoms with E-state index in [9.17, 15) is 9.59 Å². The number of aliphatic hydroxyl groups is 1. The van der Waals surface area contributed by atoms with Gasteiger partial charge in [0.1, 0.15) is 11.7 Å². The van der Waals surface area contributed by atoms with Crippen molar-refractivity contribution in [3.05, 3.63) is 12.2 Å². The number of carbonyl (C=O) groups is 2. The Kier molecular flexibility index (Phi) is 7.37. The van der Waals surface area contributed by atoms with Gasteiger partial charge in [-0.25, -0.2) is 4.79 Å². The SMILES string of the molecule is C[C@H](O)C/C=C/C(=O)O[C@@H](C)CC(=O)OC(C)(C)C. The second-order valence-corrected chi connectivity index (χ2v) is 5.53. The maximum Gasteiger partial charge on any atom is 0.330 e. The van der Waals surface area contributed by atoms with E-state index in [0.29, 0.717) is 6.42 Å². The van der Waals surface area contributed by atoms with Crippen LogP contribution in [0.4, 0.5) is 0 Å². The zero-order chi connectivity index (χ0) is 15.1. The molecule has 0 aliphatic heterocycles. The van der Waals surface area contributed by atoms with Crippen LogP contribution in [0, 0.1) is 0 Å². The molecule has 5 nitrogen and oxygen atoms in total. The summed E-state index contributed by atoms with van der Waals surface area (Å²) in [7, 11) is 0. The molecule has 0 bridgehead atoms. The minimum absolute atomic E-state index is 0.0211. The van der Waals surface area contributed by atoms with Crippen LogP contribution in [0.3, 0.4) is 0 Å². The minimum atomic E-state index is -0.544. The third-order valence-corrected chi connectivity index (χ3v) is 1.92. The number of hydrogen-bond acceptors (Lipinski definition) is 5. The van der Waals surface area contributed by atoms with E-state index >= 15 is 0 Å². The summed E-state index contributed by atoms with van der Waals surface area (Å²) in [6.45, 7) is 8.59. The molecule has 0 aliphatic carbocycles. The molecule has 19 heavy (non-hydrogen) atoms. The van der Waals surface area contributed by atoms with Gasteiger partial charge in [0.15, 0.2) is 0 Å². The van der Waals surface area contributed by atoms with Gasteiger partial charge in [0.2, 0.25) is 0 Å². The van der Waals surface area contributed by atoms with Crippen molar-refractivity contribution >= 4 is 11.9 Å². The average Bonchev–Trinajstić information content (AvgIpc) is 2.12. The Morgan fingerprint density at radius 2 is 1.84 bits per heavy atom. The van der Waals surface area contributed by atoms with Gasteiger partial charge in [-0.1, -0.05) is 6.08 Å². The summed E-state index contributed by atoms with van der Waals surface area (Å²) in [6.07, 6.45) is 2.15. The average molecular weight is 272 g/mol. The van der Waals surface area contributed by atoms with E-state index in [1.807, 2.05) is 0 Å². The van der Waals surface area contributed by atoms with Crippen LogP contribution in [0.1, 0.15) is 47.5 Å². The summed E-state index contributed by atoms with van der Waals surface area (Å²) in [4.78, 5) is 22.8. The Balaban J connectivity index is 4.03. The van der Waals surface area contributed by atoms with Gasteiger partial charge in [0.25, 0.3) is 0 Å². The Morgan fingerprint density at radius 1 is 1.26 bits per heavy atom. The maximum atomic E-state index is 11.5. The van der Waals surface area contributed by atoms with Crippen LogP contribution in [-0.4, -0.2) is 34.9 Å². The molecule has 0 aromatic heterocycles. The molecule has 0 fully saturated rings. The molecule has 0 spiro atoms. The van der Waals surface area contributed by atoms with Crippen molar-refractivity contribution < 1.29 is 24.2 Å². The molecule has 0 amide bonds. The predicted molar refractivity (Wildman–Crippen MR) is 71.5 cm³/mol. The van der Waals surface area contributed by atoms with E-state index in [4.69, 9.17) is 14.6 Å². The predicted octanol–water partition coefficient (Wildman–Crippen LogP) is 1.98. The van der Waals surface area contributed by atoms with Crippen molar-refractivity contribution in [3.8, 4) is 0 Å². The molecule has 2 atom stereocenters. The van der Waals surface area contributed by atoms with Crippen LogP contribution < -0.4 is 0 Å². The summed E-state index contributed by atoms with van der Waals surface area (Å²) in [6, 6.07) is 0. The van der Waals surface area contributed by atoms with Gasteiger partial charge in [0.05, 0.1) is 12.5 Å². The first-order valence-corrected chi connectivity index (χ1v) is 6.37. The first kappa shape index (κ1) is 17.6. The monoisotopic (exact) mass is 272 g/mol. The quantitative estimate of drug-likeness (QED) is 0.591. The lowest BCUT2D eigenvalue weighted by Crippen LogP contribution is -2.27. The maximum absolute atomic E-state index is 11.5. The van der Waals surface area contributed by atoms with Crippen LogP contribution in [0.15, 0.2) is 12.2 Å². The highest BCUT2D eigenvalue weighted by Gasteiger charge is 2.19. The Morgan fingerprint density at radius 3 is 2.32 bits per heavy atom. The van der Waals surface area contributed by atoms with E-state index in [0.717, 1.165) is 0 Å².